The molecule has 1 rings (SSSR count). The van der Waals surface area contributed by atoms with E-state index in [-0.39, 0.29) is 0 Å². The molecule has 0 aliphatic heterocycles. The van der Waals surface area contributed by atoms with Crippen LogP contribution in [-0.4, -0.2) is 15.8 Å². The number of oxazole rings is 1. The predicted octanol–water partition coefficient (Wildman–Crippen LogP) is -0.878. The van der Waals surface area contributed by atoms with Gasteiger partial charge in [-0.25, -0.2) is 9.59 Å². The Morgan fingerprint density at radius 2 is 2.45 bits per heavy atom. The highest BCUT2D eigenvalue weighted by molar-refractivity contribution is 5.66. The molecule has 6 heteroatoms. The van der Waals surface area contributed by atoms with E-state index in [1.165, 1.54) is 0 Å². The van der Waals surface area contributed by atoms with Crippen LogP contribution in [0.3, 0.4) is 0 Å². The highest BCUT2D eigenvalue weighted by atomic mass is 16.7. The van der Waals surface area contributed by atoms with Crippen LogP contribution >= 0.6 is 0 Å². The molecule has 0 bridgehead atoms. The molecular formula is C5H5NO5. The minimum atomic E-state index is -0.947. The average Bonchev–Trinajstić information content (AvgIpc) is 2.18. The maximum absolute atomic E-state index is 10.5. The predicted molar refractivity (Wildman–Crippen MR) is 31.9 cm³/mol. The molecule has 0 aliphatic carbocycles. The molecule has 60 valence electrons. The zero-order chi connectivity index (χ0) is 8.43. The van der Waals surface area contributed by atoms with Gasteiger partial charge in [0.25, 0.3) is 5.88 Å². The van der Waals surface area contributed by atoms with Gasteiger partial charge in [-0.05, 0) is 0 Å². The number of carbonyl (C=O) groups excluding carboxylic acids is 1. The standard InChI is InChI=1S/C5H5NO5/c1-3(7)11-6-4(8)2-10-5(6)9/h2,8H,1H3. The SMILES string of the molecule is CC(=O)On1c(O)coc1=O. The Labute approximate surface area is 60.6 Å². The molecule has 1 aromatic rings. The van der Waals surface area contributed by atoms with Gasteiger partial charge in [0.15, 0.2) is 6.26 Å². The highest BCUT2D eigenvalue weighted by Crippen LogP contribution is 2.01. The number of aromatic nitrogens is 1. The second-order valence-electron chi connectivity index (χ2n) is 1.74. The second-order valence-corrected chi connectivity index (χ2v) is 1.74. The molecule has 0 amide bonds. The Morgan fingerprint density at radius 3 is 2.82 bits per heavy atom. The Bertz CT molecular complexity index is 322. The lowest BCUT2D eigenvalue weighted by molar-refractivity contribution is -0.142. The topological polar surface area (TPSA) is 81.7 Å². The highest BCUT2D eigenvalue weighted by Gasteiger charge is 2.08. The molecule has 1 heterocycles. The lowest BCUT2D eigenvalue weighted by Crippen LogP contribution is -2.25. The first-order chi connectivity index (χ1) is 5.11. The van der Waals surface area contributed by atoms with Crippen LogP contribution in [0.25, 0.3) is 0 Å². The number of hydrogen-bond acceptors (Lipinski definition) is 5. The molecule has 0 unspecified atom stereocenters. The zero-order valence-electron chi connectivity index (χ0n) is 5.60. The molecule has 1 aromatic heterocycles. The van der Waals surface area contributed by atoms with Crippen LogP contribution < -0.4 is 10.6 Å². The second kappa shape index (κ2) is 2.49. The first kappa shape index (κ1) is 7.39. The Kier molecular flexibility index (Phi) is 1.67. The van der Waals surface area contributed by atoms with E-state index < -0.39 is 17.6 Å². The number of hydrogen-bond donors (Lipinski definition) is 1. The van der Waals surface area contributed by atoms with Crippen molar-refractivity contribution in [1.82, 2.24) is 4.73 Å². The van der Waals surface area contributed by atoms with E-state index in [9.17, 15) is 9.59 Å². The Morgan fingerprint density at radius 1 is 1.82 bits per heavy atom. The lowest BCUT2D eigenvalue weighted by Gasteiger charge is -1.96. The summed E-state index contributed by atoms with van der Waals surface area (Å²) < 4.78 is 4.53. The fourth-order valence-corrected chi connectivity index (χ4v) is 0.505. The third kappa shape index (κ3) is 1.40. The van der Waals surface area contributed by atoms with Crippen LogP contribution in [-0.2, 0) is 4.79 Å². The Hall–Kier alpha value is -1.72. The minimum absolute atomic E-state index is 0.350. The van der Waals surface area contributed by atoms with Crippen molar-refractivity contribution in [3.05, 3.63) is 16.8 Å². The van der Waals surface area contributed by atoms with Gasteiger partial charge in [0.05, 0.1) is 0 Å². The van der Waals surface area contributed by atoms with Crippen LogP contribution in [0.2, 0.25) is 0 Å². The van der Waals surface area contributed by atoms with E-state index in [4.69, 9.17) is 5.11 Å². The summed E-state index contributed by atoms with van der Waals surface area (Å²) in [5.41, 5.74) is 0. The number of rotatable bonds is 1. The van der Waals surface area contributed by atoms with Crippen molar-refractivity contribution in [3.63, 3.8) is 0 Å². The maximum atomic E-state index is 10.5. The fraction of sp³-hybridized carbons (Fsp3) is 0.200. The first-order valence-electron chi connectivity index (χ1n) is 2.69. The molecule has 0 saturated heterocycles. The maximum Gasteiger partial charge on any atom is 0.456 e. The van der Waals surface area contributed by atoms with E-state index in [1.54, 1.807) is 0 Å². The monoisotopic (exact) mass is 159 g/mol. The summed E-state index contributed by atoms with van der Waals surface area (Å²) in [6.07, 6.45) is 0.769. The molecule has 0 atom stereocenters. The quantitative estimate of drug-likeness (QED) is 0.575. The molecule has 0 saturated carbocycles. The van der Waals surface area contributed by atoms with Gasteiger partial charge < -0.3 is 14.4 Å². The van der Waals surface area contributed by atoms with Crippen molar-refractivity contribution in [1.29, 1.82) is 0 Å². The van der Waals surface area contributed by atoms with Crippen molar-refractivity contribution >= 4 is 5.97 Å². The van der Waals surface area contributed by atoms with Crippen LogP contribution in [0, 0.1) is 0 Å². The van der Waals surface area contributed by atoms with Crippen LogP contribution in [0.4, 0.5) is 0 Å². The lowest BCUT2D eigenvalue weighted by atomic mass is 10.8. The smallest absolute Gasteiger partial charge is 0.456 e. The zero-order valence-corrected chi connectivity index (χ0v) is 5.60. The summed E-state index contributed by atoms with van der Waals surface area (Å²) in [7, 11) is 0. The summed E-state index contributed by atoms with van der Waals surface area (Å²) in [6, 6.07) is 0. The largest absolute Gasteiger partial charge is 0.490 e. The average molecular weight is 159 g/mol. The molecule has 0 aromatic carbocycles. The molecule has 0 fully saturated rings. The normalized spacial score (nSPS) is 9.55. The van der Waals surface area contributed by atoms with Crippen molar-refractivity contribution < 1.29 is 19.2 Å². The summed E-state index contributed by atoms with van der Waals surface area (Å²) in [5.74, 6) is -2.22. The Balaban J connectivity index is 3.01. The summed E-state index contributed by atoms with van der Waals surface area (Å²) in [6.45, 7) is 1.10. The van der Waals surface area contributed by atoms with E-state index in [1.807, 2.05) is 0 Å². The van der Waals surface area contributed by atoms with Gasteiger partial charge in [-0.1, -0.05) is 4.73 Å². The third-order valence-electron chi connectivity index (χ3n) is 0.859. The minimum Gasteiger partial charge on any atom is -0.490 e. The van der Waals surface area contributed by atoms with Gasteiger partial charge in [-0.3, -0.25) is 0 Å². The summed E-state index contributed by atoms with van der Waals surface area (Å²) in [5, 5.41) is 8.77. The molecule has 0 radical (unpaired) electrons. The number of carbonyl (C=O) groups is 1. The third-order valence-corrected chi connectivity index (χ3v) is 0.859. The molecule has 6 nitrogen and oxygen atoms in total. The van der Waals surface area contributed by atoms with Crippen LogP contribution in [0.15, 0.2) is 15.5 Å². The van der Waals surface area contributed by atoms with Gasteiger partial charge >= 0.3 is 11.7 Å². The van der Waals surface area contributed by atoms with Gasteiger partial charge in [-0.2, -0.15) is 0 Å². The molecule has 1 N–H and O–H groups in total. The molecule has 11 heavy (non-hydrogen) atoms. The van der Waals surface area contributed by atoms with Crippen LogP contribution in [0.1, 0.15) is 6.92 Å². The summed E-state index contributed by atoms with van der Waals surface area (Å²) >= 11 is 0. The molecule has 0 spiro atoms. The number of nitrogens with zero attached hydrogens (tertiary/aromatic N) is 1. The van der Waals surface area contributed by atoms with Gasteiger partial charge in [0.2, 0.25) is 0 Å². The van der Waals surface area contributed by atoms with Crippen molar-refractivity contribution in [2.75, 3.05) is 0 Å². The van der Waals surface area contributed by atoms with Crippen LogP contribution in [0.5, 0.6) is 5.88 Å². The van der Waals surface area contributed by atoms with Crippen molar-refractivity contribution in [2.45, 2.75) is 6.92 Å². The van der Waals surface area contributed by atoms with Crippen molar-refractivity contribution in [3.8, 4) is 5.88 Å². The van der Waals surface area contributed by atoms with E-state index >= 15 is 0 Å². The van der Waals surface area contributed by atoms with E-state index in [0.717, 1.165) is 13.2 Å². The summed E-state index contributed by atoms with van der Waals surface area (Å²) in [4.78, 5) is 25.1. The van der Waals surface area contributed by atoms with E-state index in [2.05, 4.69) is 9.25 Å². The van der Waals surface area contributed by atoms with E-state index in [0.29, 0.717) is 4.73 Å². The first-order valence-corrected chi connectivity index (χ1v) is 2.69. The number of aromatic hydroxyl groups is 1. The molecular weight excluding hydrogens is 154 g/mol. The van der Waals surface area contributed by atoms with Crippen molar-refractivity contribution in [2.24, 2.45) is 0 Å². The molecule has 0 aliphatic rings. The van der Waals surface area contributed by atoms with Gasteiger partial charge in [-0.15, -0.1) is 0 Å². The van der Waals surface area contributed by atoms with Gasteiger partial charge in [0.1, 0.15) is 0 Å². The fourth-order valence-electron chi connectivity index (χ4n) is 0.505. The van der Waals surface area contributed by atoms with Gasteiger partial charge in [0, 0.05) is 6.92 Å².